The van der Waals surface area contributed by atoms with Crippen LogP contribution in [-0.2, 0) is 9.53 Å². The first kappa shape index (κ1) is 8.72. The van der Waals surface area contributed by atoms with Crippen LogP contribution in [0.25, 0.3) is 0 Å². The molecular formula is C11H16O3. The van der Waals surface area contributed by atoms with Crippen LogP contribution in [0.2, 0.25) is 0 Å². The maximum absolute atomic E-state index is 10.9. The highest BCUT2D eigenvalue weighted by Crippen LogP contribution is 2.62. The third-order valence-electron chi connectivity index (χ3n) is 4.48. The van der Waals surface area contributed by atoms with Crippen molar-refractivity contribution in [2.45, 2.75) is 38.2 Å². The number of hydrogen-bond acceptors (Lipinski definition) is 2. The molecular weight excluding hydrogens is 180 g/mol. The summed E-state index contributed by atoms with van der Waals surface area (Å²) in [7, 11) is 0. The predicted molar refractivity (Wildman–Crippen MR) is 49.9 cm³/mol. The van der Waals surface area contributed by atoms with E-state index in [-0.39, 0.29) is 11.3 Å². The van der Waals surface area contributed by atoms with E-state index < -0.39 is 5.97 Å². The molecule has 1 heterocycles. The smallest absolute Gasteiger partial charge is 0.306 e. The first-order chi connectivity index (χ1) is 6.74. The van der Waals surface area contributed by atoms with Gasteiger partial charge in [-0.1, -0.05) is 6.42 Å². The third kappa shape index (κ3) is 0.991. The van der Waals surface area contributed by atoms with Crippen LogP contribution in [0, 0.1) is 17.3 Å². The molecule has 78 valence electrons. The van der Waals surface area contributed by atoms with Crippen molar-refractivity contribution in [2.75, 3.05) is 6.61 Å². The molecule has 0 aromatic heterocycles. The third-order valence-corrected chi connectivity index (χ3v) is 4.48. The Labute approximate surface area is 83.4 Å². The number of aliphatic carboxylic acids is 1. The van der Waals surface area contributed by atoms with Gasteiger partial charge < -0.3 is 9.84 Å². The second-order valence-electron chi connectivity index (χ2n) is 5.02. The van der Waals surface area contributed by atoms with E-state index in [4.69, 9.17) is 9.84 Å². The number of ether oxygens (including phenoxy) is 1. The van der Waals surface area contributed by atoms with Crippen LogP contribution < -0.4 is 0 Å². The number of carbonyl (C=O) groups is 1. The number of rotatable bonds is 2. The molecule has 1 unspecified atom stereocenters. The van der Waals surface area contributed by atoms with Crippen molar-refractivity contribution >= 4 is 5.97 Å². The van der Waals surface area contributed by atoms with Gasteiger partial charge >= 0.3 is 5.97 Å². The fraction of sp³-hybridized carbons (Fsp3) is 0.909. The largest absolute Gasteiger partial charge is 0.481 e. The Morgan fingerprint density at radius 1 is 1.43 bits per heavy atom. The van der Waals surface area contributed by atoms with Gasteiger partial charge in [-0.3, -0.25) is 4.79 Å². The summed E-state index contributed by atoms with van der Waals surface area (Å²) in [6.45, 7) is 0.855. The Balaban J connectivity index is 1.80. The van der Waals surface area contributed by atoms with Crippen molar-refractivity contribution in [2.24, 2.45) is 17.3 Å². The van der Waals surface area contributed by atoms with Crippen molar-refractivity contribution in [3.05, 3.63) is 0 Å². The van der Waals surface area contributed by atoms with Crippen molar-refractivity contribution in [1.29, 1.82) is 0 Å². The van der Waals surface area contributed by atoms with Gasteiger partial charge in [0, 0.05) is 12.0 Å². The quantitative estimate of drug-likeness (QED) is 0.730. The lowest BCUT2D eigenvalue weighted by Crippen LogP contribution is -2.29. The Morgan fingerprint density at radius 3 is 3.00 bits per heavy atom. The zero-order chi connectivity index (χ0) is 9.76. The molecule has 2 aliphatic carbocycles. The molecule has 14 heavy (non-hydrogen) atoms. The summed E-state index contributed by atoms with van der Waals surface area (Å²) in [4.78, 5) is 10.9. The molecule has 3 fully saturated rings. The molecule has 1 saturated heterocycles. The van der Waals surface area contributed by atoms with Gasteiger partial charge in [-0.05, 0) is 31.6 Å². The van der Waals surface area contributed by atoms with E-state index in [9.17, 15) is 4.79 Å². The summed E-state index contributed by atoms with van der Waals surface area (Å²) in [6, 6.07) is 0. The van der Waals surface area contributed by atoms with Crippen LogP contribution in [0.4, 0.5) is 0 Å². The minimum Gasteiger partial charge on any atom is -0.481 e. The number of fused-ring (bicyclic) bond motifs is 1. The highest BCUT2D eigenvalue weighted by molar-refractivity contribution is 5.73. The second-order valence-corrected chi connectivity index (χ2v) is 5.02. The summed E-state index contributed by atoms with van der Waals surface area (Å²) < 4.78 is 5.72. The van der Waals surface area contributed by atoms with E-state index in [0.29, 0.717) is 12.0 Å². The van der Waals surface area contributed by atoms with Gasteiger partial charge in [-0.25, -0.2) is 0 Å². The average Bonchev–Trinajstić information content (AvgIpc) is 2.69. The Kier molecular flexibility index (Phi) is 1.69. The first-order valence-corrected chi connectivity index (χ1v) is 5.58. The molecule has 4 atom stereocenters. The first-order valence-electron chi connectivity index (χ1n) is 5.58. The topological polar surface area (TPSA) is 46.5 Å². The van der Waals surface area contributed by atoms with Crippen molar-refractivity contribution in [3.8, 4) is 0 Å². The minimum atomic E-state index is -0.595. The molecule has 0 aromatic carbocycles. The molecule has 1 aliphatic heterocycles. The van der Waals surface area contributed by atoms with Gasteiger partial charge in [0.1, 0.15) is 0 Å². The molecule has 3 rings (SSSR count). The van der Waals surface area contributed by atoms with Crippen LogP contribution in [0.3, 0.4) is 0 Å². The SMILES string of the molecule is O=C(O)[C@@H]1C[C@H]1C12CCC[C@H]1OCC2. The highest BCUT2D eigenvalue weighted by atomic mass is 16.5. The molecule has 1 N–H and O–H groups in total. The van der Waals surface area contributed by atoms with E-state index in [0.717, 1.165) is 25.9 Å². The average molecular weight is 196 g/mol. The number of carboxylic acids is 1. The van der Waals surface area contributed by atoms with E-state index in [1.165, 1.54) is 12.8 Å². The number of carboxylic acid groups (broad SMARTS) is 1. The molecule has 3 aliphatic rings. The Bertz CT molecular complexity index is 264. The lowest BCUT2D eigenvalue weighted by Gasteiger charge is -2.27. The minimum absolute atomic E-state index is 0.0581. The molecule has 0 aromatic rings. The fourth-order valence-corrected chi connectivity index (χ4v) is 3.70. The predicted octanol–water partition coefficient (Wildman–Crippen LogP) is 1.67. The Morgan fingerprint density at radius 2 is 2.29 bits per heavy atom. The summed E-state index contributed by atoms with van der Waals surface area (Å²) in [5.74, 6) is -0.228. The zero-order valence-electron chi connectivity index (χ0n) is 8.24. The van der Waals surface area contributed by atoms with Gasteiger partial charge in [0.15, 0.2) is 0 Å². The molecule has 3 heteroatoms. The second kappa shape index (κ2) is 2.72. The number of hydrogen-bond donors (Lipinski definition) is 1. The summed E-state index contributed by atoms with van der Waals surface area (Å²) in [5, 5.41) is 8.96. The lowest BCUT2D eigenvalue weighted by molar-refractivity contribution is -0.139. The maximum atomic E-state index is 10.9. The lowest BCUT2D eigenvalue weighted by atomic mass is 9.77. The van der Waals surface area contributed by atoms with E-state index >= 15 is 0 Å². The monoisotopic (exact) mass is 196 g/mol. The van der Waals surface area contributed by atoms with Crippen molar-refractivity contribution in [3.63, 3.8) is 0 Å². The maximum Gasteiger partial charge on any atom is 0.306 e. The van der Waals surface area contributed by atoms with Gasteiger partial charge in [-0.15, -0.1) is 0 Å². The van der Waals surface area contributed by atoms with Crippen LogP contribution in [0.15, 0.2) is 0 Å². The highest BCUT2D eigenvalue weighted by Gasteiger charge is 2.62. The molecule has 0 spiro atoms. The fourth-order valence-electron chi connectivity index (χ4n) is 3.70. The van der Waals surface area contributed by atoms with Gasteiger partial charge in [-0.2, -0.15) is 0 Å². The summed E-state index contributed by atoms with van der Waals surface area (Å²) in [6.07, 6.45) is 5.97. The van der Waals surface area contributed by atoms with E-state index in [1.54, 1.807) is 0 Å². The zero-order valence-corrected chi connectivity index (χ0v) is 8.24. The van der Waals surface area contributed by atoms with E-state index in [1.807, 2.05) is 0 Å². The molecule has 0 bridgehead atoms. The van der Waals surface area contributed by atoms with Crippen molar-refractivity contribution < 1.29 is 14.6 Å². The van der Waals surface area contributed by atoms with Crippen molar-refractivity contribution in [1.82, 2.24) is 0 Å². The standard InChI is InChI=1S/C11H16O3/c12-10(13)7-6-8(7)11-3-1-2-9(11)14-5-4-11/h7-9H,1-6H2,(H,12,13)/t7-,8-,9-,11?/m1/s1. The normalized spacial score (nSPS) is 50.4. The summed E-state index contributed by atoms with van der Waals surface area (Å²) in [5.41, 5.74) is 0.267. The van der Waals surface area contributed by atoms with E-state index in [2.05, 4.69) is 0 Å². The van der Waals surface area contributed by atoms with Crippen LogP contribution >= 0.6 is 0 Å². The van der Waals surface area contributed by atoms with Crippen LogP contribution in [-0.4, -0.2) is 23.8 Å². The van der Waals surface area contributed by atoms with Gasteiger partial charge in [0.05, 0.1) is 12.0 Å². The molecule has 0 radical (unpaired) electrons. The van der Waals surface area contributed by atoms with Crippen LogP contribution in [0.5, 0.6) is 0 Å². The Hall–Kier alpha value is -0.570. The van der Waals surface area contributed by atoms with Crippen LogP contribution in [0.1, 0.15) is 32.1 Å². The summed E-state index contributed by atoms with van der Waals surface area (Å²) >= 11 is 0. The molecule has 2 saturated carbocycles. The molecule has 0 amide bonds. The molecule has 3 nitrogen and oxygen atoms in total. The van der Waals surface area contributed by atoms with Gasteiger partial charge in [0.25, 0.3) is 0 Å². The van der Waals surface area contributed by atoms with Gasteiger partial charge in [0.2, 0.25) is 0 Å².